The molecule has 2 aromatic heterocycles. The molecular formula is C17H24N4O3. The summed E-state index contributed by atoms with van der Waals surface area (Å²) >= 11 is 0. The van der Waals surface area contributed by atoms with Crippen LogP contribution in [0.25, 0.3) is 0 Å². The molecule has 2 heterocycles. The van der Waals surface area contributed by atoms with Crippen LogP contribution in [0.3, 0.4) is 0 Å². The summed E-state index contributed by atoms with van der Waals surface area (Å²) in [6.45, 7) is 8.43. The zero-order valence-corrected chi connectivity index (χ0v) is 14.5. The number of aryl methyl sites for hydroxylation is 2. The molecule has 2 rings (SSSR count). The van der Waals surface area contributed by atoms with Gasteiger partial charge in [0.1, 0.15) is 5.69 Å². The number of nitrogens with one attached hydrogen (secondary N) is 2. The first kappa shape index (κ1) is 17.8. The molecule has 2 aromatic rings. The van der Waals surface area contributed by atoms with Gasteiger partial charge in [-0.15, -0.1) is 0 Å². The Morgan fingerprint density at radius 3 is 2.75 bits per heavy atom. The number of aromatic amines is 1. The number of ether oxygens (including phenoxy) is 1. The Labute approximate surface area is 141 Å². The largest absolute Gasteiger partial charge is 0.459 e. The first-order valence-corrected chi connectivity index (χ1v) is 8.04. The predicted molar refractivity (Wildman–Crippen MR) is 90.0 cm³/mol. The van der Waals surface area contributed by atoms with Crippen molar-refractivity contribution in [1.29, 1.82) is 0 Å². The van der Waals surface area contributed by atoms with Crippen molar-refractivity contribution in [3.05, 3.63) is 41.2 Å². The summed E-state index contributed by atoms with van der Waals surface area (Å²) in [6, 6.07) is 0. The normalized spacial score (nSPS) is 10.9. The van der Waals surface area contributed by atoms with Gasteiger partial charge in [-0.25, -0.2) is 9.78 Å². The predicted octanol–water partition coefficient (Wildman–Crippen LogP) is 2.21. The third kappa shape index (κ3) is 4.24. The standard InChI is InChI=1S/C17H24N4O3/c1-11(2)24-17(23)14-12(3)15(20-13(14)4)16(22)19-6-5-8-21-9-7-18-10-21/h7,9-11,20H,5-6,8H2,1-4H3,(H,19,22). The SMILES string of the molecule is Cc1[nH]c(C(=O)NCCCn2ccnc2)c(C)c1C(=O)OC(C)C. The fourth-order valence-corrected chi connectivity index (χ4v) is 2.53. The highest BCUT2D eigenvalue weighted by molar-refractivity contribution is 6.00. The number of esters is 1. The maximum atomic E-state index is 12.3. The number of hydrogen-bond donors (Lipinski definition) is 2. The number of H-pyrrole nitrogens is 1. The van der Waals surface area contributed by atoms with Crippen LogP contribution in [-0.2, 0) is 11.3 Å². The number of hydrogen-bond acceptors (Lipinski definition) is 4. The molecule has 0 bridgehead atoms. The Bertz CT molecular complexity index is 702. The molecule has 0 aliphatic heterocycles. The van der Waals surface area contributed by atoms with E-state index in [1.165, 1.54) is 0 Å². The number of carbonyl (C=O) groups excluding carboxylic acids is 2. The van der Waals surface area contributed by atoms with Crippen molar-refractivity contribution in [2.75, 3.05) is 6.54 Å². The molecule has 0 unspecified atom stereocenters. The van der Waals surface area contributed by atoms with Crippen LogP contribution < -0.4 is 5.32 Å². The third-order valence-corrected chi connectivity index (χ3v) is 3.65. The van der Waals surface area contributed by atoms with Crippen molar-refractivity contribution >= 4 is 11.9 Å². The van der Waals surface area contributed by atoms with Crippen LogP contribution >= 0.6 is 0 Å². The van der Waals surface area contributed by atoms with Crippen molar-refractivity contribution in [3.63, 3.8) is 0 Å². The molecule has 0 fully saturated rings. The van der Waals surface area contributed by atoms with E-state index in [4.69, 9.17) is 4.74 Å². The van der Waals surface area contributed by atoms with E-state index >= 15 is 0 Å². The number of amides is 1. The Hall–Kier alpha value is -2.57. The highest BCUT2D eigenvalue weighted by Crippen LogP contribution is 2.19. The van der Waals surface area contributed by atoms with Crippen LogP contribution in [-0.4, -0.2) is 39.1 Å². The van der Waals surface area contributed by atoms with Crippen LogP contribution in [0.5, 0.6) is 0 Å². The van der Waals surface area contributed by atoms with Gasteiger partial charge in [-0.05, 0) is 39.7 Å². The Morgan fingerprint density at radius 2 is 2.12 bits per heavy atom. The van der Waals surface area contributed by atoms with Gasteiger partial charge in [0.2, 0.25) is 0 Å². The van der Waals surface area contributed by atoms with E-state index < -0.39 is 5.97 Å². The summed E-state index contributed by atoms with van der Waals surface area (Å²) in [7, 11) is 0. The molecular weight excluding hydrogens is 308 g/mol. The summed E-state index contributed by atoms with van der Waals surface area (Å²) in [5.74, 6) is -0.625. The van der Waals surface area contributed by atoms with Crippen molar-refractivity contribution in [3.8, 4) is 0 Å². The van der Waals surface area contributed by atoms with Crippen LogP contribution in [0.2, 0.25) is 0 Å². The Balaban J connectivity index is 1.95. The summed E-state index contributed by atoms with van der Waals surface area (Å²) < 4.78 is 7.19. The van der Waals surface area contributed by atoms with Gasteiger partial charge in [0, 0.05) is 31.2 Å². The number of carbonyl (C=O) groups is 2. The smallest absolute Gasteiger partial charge is 0.340 e. The average Bonchev–Trinajstić information content (AvgIpc) is 3.10. The van der Waals surface area contributed by atoms with Crippen molar-refractivity contribution < 1.29 is 14.3 Å². The molecule has 0 radical (unpaired) electrons. The molecule has 0 aliphatic rings. The molecule has 0 saturated carbocycles. The highest BCUT2D eigenvalue weighted by Gasteiger charge is 2.23. The molecule has 24 heavy (non-hydrogen) atoms. The van der Waals surface area contributed by atoms with Crippen molar-refractivity contribution in [2.24, 2.45) is 0 Å². The summed E-state index contributed by atoms with van der Waals surface area (Å²) in [5, 5.41) is 2.87. The van der Waals surface area contributed by atoms with Crippen LogP contribution in [0, 0.1) is 13.8 Å². The quantitative estimate of drug-likeness (QED) is 0.601. The lowest BCUT2D eigenvalue weighted by Gasteiger charge is -2.08. The molecule has 0 aliphatic carbocycles. The second-order valence-corrected chi connectivity index (χ2v) is 5.99. The Morgan fingerprint density at radius 1 is 1.38 bits per heavy atom. The molecule has 7 heteroatoms. The minimum atomic E-state index is -0.407. The topological polar surface area (TPSA) is 89.0 Å². The number of aromatic nitrogens is 3. The van der Waals surface area contributed by atoms with Crippen LogP contribution in [0.1, 0.15) is 52.4 Å². The van der Waals surface area contributed by atoms with Crippen molar-refractivity contribution in [1.82, 2.24) is 19.9 Å². The molecule has 0 spiro atoms. The summed E-state index contributed by atoms with van der Waals surface area (Å²) in [4.78, 5) is 31.4. The van der Waals surface area contributed by atoms with E-state index in [1.807, 2.05) is 10.8 Å². The van der Waals surface area contributed by atoms with Gasteiger partial charge in [-0.3, -0.25) is 4.79 Å². The van der Waals surface area contributed by atoms with Gasteiger partial charge in [0.15, 0.2) is 0 Å². The molecule has 0 saturated heterocycles. The lowest BCUT2D eigenvalue weighted by atomic mass is 10.1. The molecule has 130 valence electrons. The molecule has 0 atom stereocenters. The number of imidazole rings is 1. The first-order valence-electron chi connectivity index (χ1n) is 8.04. The van der Waals surface area contributed by atoms with E-state index in [9.17, 15) is 9.59 Å². The van der Waals surface area contributed by atoms with Crippen molar-refractivity contribution in [2.45, 2.75) is 46.8 Å². The monoisotopic (exact) mass is 332 g/mol. The number of nitrogens with zero attached hydrogens (tertiary/aromatic N) is 2. The summed E-state index contributed by atoms with van der Waals surface area (Å²) in [5.41, 5.74) is 2.10. The van der Waals surface area contributed by atoms with E-state index in [-0.39, 0.29) is 12.0 Å². The minimum Gasteiger partial charge on any atom is -0.459 e. The maximum Gasteiger partial charge on any atom is 0.340 e. The average molecular weight is 332 g/mol. The van der Waals surface area contributed by atoms with Gasteiger partial charge in [-0.2, -0.15) is 0 Å². The first-order chi connectivity index (χ1) is 11.4. The van der Waals surface area contributed by atoms with E-state index in [2.05, 4.69) is 15.3 Å². The molecule has 7 nitrogen and oxygen atoms in total. The van der Waals surface area contributed by atoms with Gasteiger partial charge in [-0.1, -0.05) is 0 Å². The fourth-order valence-electron chi connectivity index (χ4n) is 2.53. The lowest BCUT2D eigenvalue weighted by molar-refractivity contribution is 0.0376. The zero-order valence-electron chi connectivity index (χ0n) is 14.5. The fraction of sp³-hybridized carbons (Fsp3) is 0.471. The minimum absolute atomic E-state index is 0.202. The van der Waals surface area contributed by atoms with E-state index in [1.54, 1.807) is 40.2 Å². The Kier molecular flexibility index (Phi) is 5.78. The van der Waals surface area contributed by atoms with E-state index in [0.717, 1.165) is 13.0 Å². The third-order valence-electron chi connectivity index (χ3n) is 3.65. The van der Waals surface area contributed by atoms with Gasteiger partial charge < -0.3 is 19.6 Å². The lowest BCUT2D eigenvalue weighted by Crippen LogP contribution is -2.26. The van der Waals surface area contributed by atoms with Gasteiger partial charge >= 0.3 is 5.97 Å². The second kappa shape index (κ2) is 7.81. The second-order valence-electron chi connectivity index (χ2n) is 5.99. The van der Waals surface area contributed by atoms with Gasteiger partial charge in [0.05, 0.1) is 18.0 Å². The highest BCUT2D eigenvalue weighted by atomic mass is 16.5. The van der Waals surface area contributed by atoms with E-state index in [0.29, 0.717) is 29.1 Å². The maximum absolute atomic E-state index is 12.3. The number of rotatable bonds is 7. The summed E-state index contributed by atoms with van der Waals surface area (Å²) in [6.07, 6.45) is 5.94. The van der Waals surface area contributed by atoms with Crippen LogP contribution in [0.4, 0.5) is 0 Å². The van der Waals surface area contributed by atoms with Gasteiger partial charge in [0.25, 0.3) is 5.91 Å². The molecule has 1 amide bonds. The van der Waals surface area contributed by atoms with Crippen LogP contribution in [0.15, 0.2) is 18.7 Å². The molecule has 0 aromatic carbocycles. The molecule has 2 N–H and O–H groups in total. The zero-order chi connectivity index (χ0) is 17.7.